The monoisotopic (exact) mass is 392 g/mol. The number of nitrogens with one attached hydrogen (secondary N) is 1. The van der Waals surface area contributed by atoms with Crippen molar-refractivity contribution >= 4 is 33.4 Å². The number of thioether (sulfide) groups is 1. The normalized spacial score (nSPS) is 11.2. The van der Waals surface area contributed by atoms with Gasteiger partial charge in [0.2, 0.25) is 10.0 Å². The Hall–Kier alpha value is -1.99. The van der Waals surface area contributed by atoms with Crippen LogP contribution in [0.25, 0.3) is 0 Å². The number of carbonyl (C=O) groups is 1. The minimum atomic E-state index is -3.35. The fourth-order valence-corrected chi connectivity index (χ4v) is 3.76. The first-order chi connectivity index (χ1) is 12.3. The van der Waals surface area contributed by atoms with E-state index in [9.17, 15) is 13.2 Å². The molecule has 2 rings (SSSR count). The van der Waals surface area contributed by atoms with Crippen molar-refractivity contribution in [2.75, 3.05) is 29.9 Å². The van der Waals surface area contributed by atoms with E-state index in [1.807, 2.05) is 12.1 Å². The Kier molecular flexibility index (Phi) is 7.11. The average Bonchev–Trinajstić information content (AvgIpc) is 2.61. The molecule has 0 atom stereocenters. The number of carbonyl (C=O) groups excluding carboxylic acids is 1. The minimum absolute atomic E-state index is 0.203. The third-order valence-corrected chi connectivity index (χ3v) is 6.23. The molecule has 0 heterocycles. The zero-order chi connectivity index (χ0) is 19.2. The van der Waals surface area contributed by atoms with Crippen molar-refractivity contribution in [2.45, 2.75) is 12.7 Å². The summed E-state index contributed by atoms with van der Waals surface area (Å²) in [6, 6.07) is 14.9. The van der Waals surface area contributed by atoms with Crippen LogP contribution in [0.3, 0.4) is 0 Å². The molecule has 1 N–H and O–H groups in total. The van der Waals surface area contributed by atoms with Gasteiger partial charge in [-0.25, -0.2) is 8.42 Å². The van der Waals surface area contributed by atoms with E-state index in [-0.39, 0.29) is 5.91 Å². The number of hydrogen-bond acceptors (Lipinski definition) is 4. The van der Waals surface area contributed by atoms with Crippen LogP contribution in [0.5, 0.6) is 0 Å². The quantitative estimate of drug-likeness (QED) is 0.701. The summed E-state index contributed by atoms with van der Waals surface area (Å²) in [7, 11) is -1.89. The zero-order valence-electron chi connectivity index (χ0n) is 15.2. The second-order valence-electron chi connectivity index (χ2n) is 6.02. The number of nitrogens with zero attached hydrogens (tertiary/aromatic N) is 1. The van der Waals surface area contributed by atoms with Crippen molar-refractivity contribution in [3.63, 3.8) is 0 Å². The van der Waals surface area contributed by atoms with Crippen LogP contribution in [0, 0.1) is 6.92 Å². The number of hydrogen-bond donors (Lipinski definition) is 1. The number of rotatable bonds is 8. The van der Waals surface area contributed by atoms with Crippen LogP contribution in [0.1, 0.15) is 21.5 Å². The molecule has 140 valence electrons. The molecule has 0 radical (unpaired) electrons. The van der Waals surface area contributed by atoms with Gasteiger partial charge < -0.3 is 5.32 Å². The van der Waals surface area contributed by atoms with Crippen LogP contribution in [0.15, 0.2) is 48.5 Å². The molecule has 26 heavy (non-hydrogen) atoms. The molecule has 7 heteroatoms. The van der Waals surface area contributed by atoms with Crippen molar-refractivity contribution in [3.05, 3.63) is 65.2 Å². The highest BCUT2D eigenvalue weighted by atomic mass is 32.2. The van der Waals surface area contributed by atoms with Crippen molar-refractivity contribution < 1.29 is 13.2 Å². The van der Waals surface area contributed by atoms with E-state index in [1.165, 1.54) is 18.2 Å². The largest absolute Gasteiger partial charge is 0.351 e. The molecule has 1 amide bonds. The van der Waals surface area contributed by atoms with Gasteiger partial charge in [0.25, 0.3) is 5.91 Å². The molecule has 0 spiro atoms. The number of amides is 1. The van der Waals surface area contributed by atoms with Crippen LogP contribution in [0.4, 0.5) is 5.69 Å². The smallest absolute Gasteiger partial charge is 0.251 e. The first-order valence-electron chi connectivity index (χ1n) is 8.23. The molecule has 5 nitrogen and oxygen atoms in total. The van der Waals surface area contributed by atoms with Crippen LogP contribution in [-0.2, 0) is 15.8 Å². The van der Waals surface area contributed by atoms with E-state index in [2.05, 4.69) is 24.4 Å². The van der Waals surface area contributed by atoms with Gasteiger partial charge in [-0.3, -0.25) is 9.10 Å². The van der Waals surface area contributed by atoms with Crippen molar-refractivity contribution in [2.24, 2.45) is 0 Å². The fourth-order valence-electron chi connectivity index (χ4n) is 2.33. The molecular formula is C19H24N2O3S2. The fraction of sp³-hybridized carbons (Fsp3) is 0.316. The van der Waals surface area contributed by atoms with Gasteiger partial charge in [-0.2, -0.15) is 11.8 Å². The third kappa shape index (κ3) is 5.78. The predicted molar refractivity (Wildman–Crippen MR) is 109 cm³/mol. The highest BCUT2D eigenvalue weighted by Gasteiger charge is 2.14. The maximum absolute atomic E-state index is 12.3. The molecule has 0 aliphatic carbocycles. The lowest BCUT2D eigenvalue weighted by atomic mass is 10.1. The van der Waals surface area contributed by atoms with E-state index >= 15 is 0 Å². The molecule has 2 aromatic rings. The third-order valence-electron chi connectivity index (χ3n) is 4.02. The van der Waals surface area contributed by atoms with Gasteiger partial charge in [0.05, 0.1) is 11.9 Å². The molecule has 0 saturated carbocycles. The minimum Gasteiger partial charge on any atom is -0.351 e. The van der Waals surface area contributed by atoms with E-state index in [1.54, 1.807) is 36.0 Å². The summed E-state index contributed by atoms with van der Waals surface area (Å²) in [5.41, 5.74) is 3.49. The Balaban J connectivity index is 1.84. The first kappa shape index (κ1) is 20.3. The zero-order valence-corrected chi connectivity index (χ0v) is 16.9. The van der Waals surface area contributed by atoms with E-state index in [0.717, 1.165) is 22.1 Å². The lowest BCUT2D eigenvalue weighted by Crippen LogP contribution is -2.27. The summed E-state index contributed by atoms with van der Waals surface area (Å²) in [6.45, 7) is 2.65. The lowest BCUT2D eigenvalue weighted by Gasteiger charge is -2.17. The van der Waals surface area contributed by atoms with Gasteiger partial charge in [-0.05, 0) is 36.2 Å². The Morgan fingerprint density at radius 1 is 1.15 bits per heavy atom. The number of sulfonamides is 1. The maximum atomic E-state index is 12.3. The Morgan fingerprint density at radius 3 is 2.58 bits per heavy atom. The van der Waals surface area contributed by atoms with E-state index < -0.39 is 10.0 Å². The van der Waals surface area contributed by atoms with Crippen LogP contribution >= 0.6 is 11.8 Å². The number of aryl methyl sites for hydroxylation is 1. The van der Waals surface area contributed by atoms with Crippen LogP contribution in [-0.4, -0.2) is 39.9 Å². The molecular weight excluding hydrogens is 368 g/mol. The number of anilines is 1. The summed E-state index contributed by atoms with van der Waals surface area (Å²) in [6.07, 6.45) is 1.13. The van der Waals surface area contributed by atoms with Crippen LogP contribution in [0.2, 0.25) is 0 Å². The van der Waals surface area contributed by atoms with E-state index in [4.69, 9.17) is 0 Å². The Bertz CT molecular complexity index is 867. The van der Waals surface area contributed by atoms with Gasteiger partial charge >= 0.3 is 0 Å². The van der Waals surface area contributed by atoms with Crippen molar-refractivity contribution in [1.82, 2.24) is 5.32 Å². The summed E-state index contributed by atoms with van der Waals surface area (Å²) in [4.78, 5) is 12.3. The van der Waals surface area contributed by atoms with Crippen LogP contribution < -0.4 is 9.62 Å². The maximum Gasteiger partial charge on any atom is 0.251 e. The highest BCUT2D eigenvalue weighted by Crippen LogP contribution is 2.18. The second kappa shape index (κ2) is 9.09. The molecule has 0 saturated heterocycles. The Labute approximate surface area is 159 Å². The summed E-state index contributed by atoms with van der Waals surface area (Å²) in [5.74, 6) is 1.52. The topological polar surface area (TPSA) is 66.5 Å². The molecule has 0 bridgehead atoms. The summed E-state index contributed by atoms with van der Waals surface area (Å²) < 4.78 is 24.4. The number of benzene rings is 2. The highest BCUT2D eigenvalue weighted by molar-refractivity contribution is 7.98. The molecule has 0 fully saturated rings. The predicted octanol–water partition coefficient (Wildman–Crippen LogP) is 3.05. The van der Waals surface area contributed by atoms with Crippen molar-refractivity contribution in [1.29, 1.82) is 0 Å². The molecule has 0 aromatic heterocycles. The molecule has 0 unspecified atom stereocenters. The first-order valence-corrected chi connectivity index (χ1v) is 11.2. The van der Waals surface area contributed by atoms with Gasteiger partial charge in [-0.15, -0.1) is 0 Å². The molecule has 0 aliphatic rings. The lowest BCUT2D eigenvalue weighted by molar-refractivity contribution is 0.0956. The SMILES string of the molecule is Cc1ccccc1CSCCNC(=O)c1cccc(N(C)S(C)(=O)=O)c1. The summed E-state index contributed by atoms with van der Waals surface area (Å²) in [5, 5.41) is 2.88. The Morgan fingerprint density at radius 2 is 1.88 bits per heavy atom. The van der Waals surface area contributed by atoms with E-state index in [0.29, 0.717) is 17.8 Å². The standard InChI is InChI=1S/C19H24N2O3S2/c1-15-7-4-5-8-17(15)14-25-12-11-20-19(22)16-9-6-10-18(13-16)21(2)26(3,23)24/h4-10,13H,11-12,14H2,1-3H3,(H,20,22). The van der Waals surface area contributed by atoms with Gasteiger partial charge in [-0.1, -0.05) is 30.3 Å². The molecule has 0 aliphatic heterocycles. The van der Waals surface area contributed by atoms with Gasteiger partial charge in [0, 0.05) is 30.7 Å². The second-order valence-corrected chi connectivity index (χ2v) is 9.13. The van der Waals surface area contributed by atoms with Crippen molar-refractivity contribution in [3.8, 4) is 0 Å². The summed E-state index contributed by atoms with van der Waals surface area (Å²) >= 11 is 1.77. The molecule has 2 aromatic carbocycles. The van der Waals surface area contributed by atoms with Gasteiger partial charge in [0.1, 0.15) is 0 Å². The average molecular weight is 393 g/mol. The van der Waals surface area contributed by atoms with Gasteiger partial charge in [0.15, 0.2) is 0 Å².